The summed E-state index contributed by atoms with van der Waals surface area (Å²) in [7, 11) is 1.91. The van der Waals surface area contributed by atoms with Crippen LogP contribution >= 0.6 is 11.6 Å². The first-order valence-electron chi connectivity index (χ1n) is 12.1. The van der Waals surface area contributed by atoms with E-state index in [1.807, 2.05) is 62.1 Å². The van der Waals surface area contributed by atoms with Gasteiger partial charge < -0.3 is 14.5 Å². The Morgan fingerprint density at radius 3 is 2.75 bits per heavy atom. The number of carbonyl (C=O) groups is 2. The molecular weight excluding hydrogens is 478 g/mol. The van der Waals surface area contributed by atoms with E-state index in [2.05, 4.69) is 5.10 Å². The van der Waals surface area contributed by atoms with Crippen molar-refractivity contribution in [3.8, 4) is 11.3 Å². The van der Waals surface area contributed by atoms with Crippen molar-refractivity contribution in [2.75, 3.05) is 26.2 Å². The third-order valence-corrected chi connectivity index (χ3v) is 6.94. The van der Waals surface area contributed by atoms with Gasteiger partial charge in [0.05, 0.1) is 34.6 Å². The first-order chi connectivity index (χ1) is 17.4. The predicted octanol–water partition coefficient (Wildman–Crippen LogP) is 5.13. The molecule has 4 aromatic rings. The number of aryl methyl sites for hydroxylation is 1. The molecule has 2 aromatic carbocycles. The van der Waals surface area contributed by atoms with Crippen LogP contribution < -0.4 is 0 Å². The minimum Gasteiger partial charge on any atom is -0.449 e. The maximum atomic E-state index is 13.3. The van der Waals surface area contributed by atoms with Crippen LogP contribution in [0, 0.1) is 0 Å². The molecule has 1 atom stereocenters. The van der Waals surface area contributed by atoms with Crippen LogP contribution in [0.2, 0.25) is 5.02 Å². The molecule has 0 radical (unpaired) electrons. The number of aromatic nitrogens is 3. The van der Waals surface area contributed by atoms with Gasteiger partial charge in [0, 0.05) is 54.6 Å². The van der Waals surface area contributed by atoms with Crippen LogP contribution in [0.3, 0.4) is 0 Å². The average Bonchev–Trinajstić information content (AvgIpc) is 3.26. The zero-order valence-electron chi connectivity index (χ0n) is 20.6. The van der Waals surface area contributed by atoms with Gasteiger partial charge in [0.15, 0.2) is 0 Å². The monoisotopic (exact) mass is 505 g/mol. The average molecular weight is 506 g/mol. The van der Waals surface area contributed by atoms with Gasteiger partial charge in [0.2, 0.25) is 0 Å². The van der Waals surface area contributed by atoms with Gasteiger partial charge >= 0.3 is 6.09 Å². The molecule has 0 unspecified atom stereocenters. The smallest absolute Gasteiger partial charge is 0.410 e. The summed E-state index contributed by atoms with van der Waals surface area (Å²) in [6.07, 6.45) is 2.28. The van der Waals surface area contributed by atoms with Gasteiger partial charge in [0.25, 0.3) is 5.91 Å². The number of nitrogens with zero attached hydrogens (tertiary/aromatic N) is 5. The van der Waals surface area contributed by atoms with Crippen molar-refractivity contribution in [3.05, 3.63) is 59.2 Å². The summed E-state index contributed by atoms with van der Waals surface area (Å²) in [6.45, 7) is 5.61. The van der Waals surface area contributed by atoms with Crippen LogP contribution in [0.1, 0.15) is 30.6 Å². The van der Waals surface area contributed by atoms with Gasteiger partial charge in [-0.1, -0.05) is 30.7 Å². The highest BCUT2D eigenvalue weighted by atomic mass is 35.5. The molecule has 0 spiro atoms. The molecule has 1 fully saturated rings. The number of hydrogen-bond donors (Lipinski definition) is 0. The van der Waals surface area contributed by atoms with E-state index in [0.29, 0.717) is 42.3 Å². The van der Waals surface area contributed by atoms with E-state index in [0.717, 1.165) is 34.0 Å². The van der Waals surface area contributed by atoms with E-state index >= 15 is 0 Å². The van der Waals surface area contributed by atoms with Crippen LogP contribution in [0.15, 0.2) is 48.7 Å². The SMILES string of the molecule is CCCOC(=O)N1CCN(C(=O)c2ccc3c(Cl)cc(-c4ccc5c(cnn5C)c4)nc3c2)C[C@@H]1C. The number of halogens is 1. The second-order valence-corrected chi connectivity index (χ2v) is 9.58. The summed E-state index contributed by atoms with van der Waals surface area (Å²) in [4.78, 5) is 33.9. The highest BCUT2D eigenvalue weighted by molar-refractivity contribution is 6.35. The summed E-state index contributed by atoms with van der Waals surface area (Å²) in [5, 5.41) is 6.69. The van der Waals surface area contributed by atoms with Crippen LogP contribution in [0.4, 0.5) is 4.79 Å². The number of pyridine rings is 1. The molecule has 0 aliphatic carbocycles. The fraction of sp³-hybridized carbons (Fsp3) is 0.333. The lowest BCUT2D eigenvalue weighted by molar-refractivity contribution is 0.0412. The predicted molar refractivity (Wildman–Crippen MR) is 140 cm³/mol. The molecule has 3 heterocycles. The molecule has 5 rings (SSSR count). The van der Waals surface area contributed by atoms with Gasteiger partial charge in [-0.05, 0) is 43.7 Å². The summed E-state index contributed by atoms with van der Waals surface area (Å²) in [5.41, 5.74) is 3.89. The Balaban J connectivity index is 1.39. The Labute approximate surface area is 214 Å². The molecule has 0 bridgehead atoms. The van der Waals surface area contributed by atoms with Crippen molar-refractivity contribution in [3.63, 3.8) is 0 Å². The molecule has 36 heavy (non-hydrogen) atoms. The largest absolute Gasteiger partial charge is 0.449 e. The second-order valence-electron chi connectivity index (χ2n) is 9.17. The number of hydrogen-bond acceptors (Lipinski definition) is 5. The van der Waals surface area contributed by atoms with Gasteiger partial charge in [-0.25, -0.2) is 9.78 Å². The lowest BCUT2D eigenvalue weighted by Gasteiger charge is -2.39. The van der Waals surface area contributed by atoms with Crippen molar-refractivity contribution in [2.24, 2.45) is 7.05 Å². The molecule has 2 aromatic heterocycles. The van der Waals surface area contributed by atoms with Crippen LogP contribution in [0.5, 0.6) is 0 Å². The molecule has 1 aliphatic rings. The molecule has 1 aliphatic heterocycles. The van der Waals surface area contributed by atoms with Crippen molar-refractivity contribution < 1.29 is 14.3 Å². The molecule has 8 nitrogen and oxygen atoms in total. The van der Waals surface area contributed by atoms with Gasteiger partial charge in [-0.2, -0.15) is 5.10 Å². The molecule has 0 N–H and O–H groups in total. The standard InChI is InChI=1S/C27H28ClN5O3/c1-4-11-36-27(35)33-10-9-32(16-17(33)2)26(34)19-5-7-21-22(28)14-23(30-24(21)13-19)18-6-8-25-20(12-18)15-29-31(25)3/h5-8,12-15,17H,4,9-11,16H2,1-3H3/t17-/m0/s1. The molecule has 186 valence electrons. The fourth-order valence-corrected chi connectivity index (χ4v) is 4.92. The highest BCUT2D eigenvalue weighted by Gasteiger charge is 2.31. The number of ether oxygens (including phenoxy) is 1. The maximum absolute atomic E-state index is 13.3. The Hall–Kier alpha value is -3.65. The molecule has 9 heteroatoms. The van der Waals surface area contributed by atoms with Crippen molar-refractivity contribution >= 4 is 45.4 Å². The third kappa shape index (κ3) is 4.48. The summed E-state index contributed by atoms with van der Waals surface area (Å²) in [5.74, 6) is -0.0922. The van der Waals surface area contributed by atoms with E-state index in [1.165, 1.54) is 0 Å². The Bertz CT molecular complexity index is 1470. The molecule has 1 saturated heterocycles. The first kappa shape index (κ1) is 24.1. The Kier molecular flexibility index (Phi) is 6.53. The zero-order chi connectivity index (χ0) is 25.4. The number of carbonyl (C=O) groups excluding carboxylic acids is 2. The summed E-state index contributed by atoms with van der Waals surface area (Å²) < 4.78 is 7.10. The van der Waals surface area contributed by atoms with Crippen LogP contribution in [-0.4, -0.2) is 68.8 Å². The van der Waals surface area contributed by atoms with Crippen molar-refractivity contribution in [2.45, 2.75) is 26.3 Å². The van der Waals surface area contributed by atoms with E-state index in [1.54, 1.807) is 21.9 Å². The van der Waals surface area contributed by atoms with Gasteiger partial charge in [-0.15, -0.1) is 0 Å². The molecule has 0 saturated carbocycles. The highest BCUT2D eigenvalue weighted by Crippen LogP contribution is 2.30. The second kappa shape index (κ2) is 9.78. The van der Waals surface area contributed by atoms with E-state index in [-0.39, 0.29) is 18.0 Å². The zero-order valence-corrected chi connectivity index (χ0v) is 21.3. The van der Waals surface area contributed by atoms with Gasteiger partial charge in [0.1, 0.15) is 0 Å². The Morgan fingerprint density at radius 1 is 1.14 bits per heavy atom. The summed E-state index contributed by atoms with van der Waals surface area (Å²) >= 11 is 6.61. The molecular formula is C27H28ClN5O3. The van der Waals surface area contributed by atoms with E-state index in [4.69, 9.17) is 21.3 Å². The number of benzene rings is 2. The van der Waals surface area contributed by atoms with Crippen LogP contribution in [0.25, 0.3) is 33.1 Å². The van der Waals surface area contributed by atoms with Crippen molar-refractivity contribution in [1.29, 1.82) is 0 Å². The number of amides is 2. The van der Waals surface area contributed by atoms with Crippen molar-refractivity contribution in [1.82, 2.24) is 24.6 Å². The third-order valence-electron chi connectivity index (χ3n) is 6.63. The lowest BCUT2D eigenvalue weighted by atomic mass is 10.1. The lowest BCUT2D eigenvalue weighted by Crippen LogP contribution is -2.55. The minimum absolute atomic E-state index is 0.0922. The fourth-order valence-electron chi connectivity index (χ4n) is 4.66. The number of piperazine rings is 1. The van der Waals surface area contributed by atoms with E-state index < -0.39 is 0 Å². The number of rotatable bonds is 4. The normalized spacial score (nSPS) is 16.1. The Morgan fingerprint density at radius 2 is 1.97 bits per heavy atom. The summed E-state index contributed by atoms with van der Waals surface area (Å²) in [6, 6.07) is 13.2. The molecule has 2 amide bonds. The first-order valence-corrected chi connectivity index (χ1v) is 12.5. The number of fused-ring (bicyclic) bond motifs is 2. The minimum atomic E-state index is -0.321. The quantitative estimate of drug-likeness (QED) is 0.384. The topological polar surface area (TPSA) is 80.6 Å². The van der Waals surface area contributed by atoms with Crippen LogP contribution in [-0.2, 0) is 11.8 Å². The maximum Gasteiger partial charge on any atom is 0.410 e. The van der Waals surface area contributed by atoms with E-state index in [9.17, 15) is 9.59 Å². The van der Waals surface area contributed by atoms with Gasteiger partial charge in [-0.3, -0.25) is 9.48 Å².